The molecule has 2 aromatic rings. The van der Waals surface area contributed by atoms with Crippen LogP contribution in [0.15, 0.2) is 41.9 Å². The molecule has 0 radical (unpaired) electrons. The first-order valence-electron chi connectivity index (χ1n) is 9.54. The second-order valence-corrected chi connectivity index (χ2v) is 8.04. The van der Waals surface area contributed by atoms with Gasteiger partial charge in [-0.05, 0) is 29.9 Å². The molecule has 2 fully saturated rings. The fourth-order valence-corrected chi connectivity index (χ4v) is 4.26. The number of hydrogen-bond acceptors (Lipinski definition) is 6. The van der Waals surface area contributed by atoms with E-state index in [2.05, 4.69) is 4.98 Å². The van der Waals surface area contributed by atoms with Crippen molar-refractivity contribution in [2.75, 3.05) is 26.3 Å². The molecular formula is C20H21F3N2O5S. The average molecular weight is 458 g/mol. The van der Waals surface area contributed by atoms with Gasteiger partial charge in [-0.1, -0.05) is 12.1 Å². The van der Waals surface area contributed by atoms with E-state index < -0.39 is 12.1 Å². The molecule has 0 bridgehead atoms. The molecule has 2 aromatic heterocycles. The highest BCUT2D eigenvalue weighted by Gasteiger charge is 2.45. The van der Waals surface area contributed by atoms with Gasteiger partial charge < -0.3 is 19.5 Å². The molecule has 3 atom stereocenters. The first-order valence-corrected chi connectivity index (χ1v) is 10.4. The Morgan fingerprint density at radius 1 is 1.26 bits per heavy atom. The minimum atomic E-state index is -5.08. The first-order chi connectivity index (χ1) is 14.8. The maximum absolute atomic E-state index is 12.5. The predicted molar refractivity (Wildman–Crippen MR) is 105 cm³/mol. The lowest BCUT2D eigenvalue weighted by molar-refractivity contribution is -0.192. The zero-order valence-corrected chi connectivity index (χ0v) is 17.1. The summed E-state index contributed by atoms with van der Waals surface area (Å²) in [7, 11) is 0. The van der Waals surface area contributed by atoms with Crippen molar-refractivity contribution < 1.29 is 37.3 Å². The van der Waals surface area contributed by atoms with Gasteiger partial charge in [-0.2, -0.15) is 13.2 Å². The quantitative estimate of drug-likeness (QED) is 0.740. The third-order valence-electron chi connectivity index (χ3n) is 5.08. The van der Waals surface area contributed by atoms with Crippen molar-refractivity contribution in [2.24, 2.45) is 11.8 Å². The maximum Gasteiger partial charge on any atom is 0.490 e. The molecule has 1 amide bonds. The van der Waals surface area contributed by atoms with E-state index in [-0.39, 0.29) is 12.0 Å². The average Bonchev–Trinajstić information content (AvgIpc) is 3.47. The third kappa shape index (κ3) is 6.17. The van der Waals surface area contributed by atoms with E-state index in [4.69, 9.17) is 19.4 Å². The van der Waals surface area contributed by atoms with E-state index in [1.54, 1.807) is 6.20 Å². The topological polar surface area (TPSA) is 89.0 Å². The Hall–Kier alpha value is -2.66. The highest BCUT2D eigenvalue weighted by molar-refractivity contribution is 7.12. The molecular weight excluding hydrogens is 437 g/mol. The predicted octanol–water partition coefficient (Wildman–Crippen LogP) is 3.33. The van der Waals surface area contributed by atoms with Crippen LogP contribution < -0.4 is 4.74 Å². The van der Waals surface area contributed by atoms with Crippen molar-refractivity contribution in [3.8, 4) is 5.88 Å². The van der Waals surface area contributed by atoms with Gasteiger partial charge in [0.25, 0.3) is 5.91 Å². The number of aliphatic carboxylic acids is 1. The number of aromatic nitrogens is 1. The van der Waals surface area contributed by atoms with E-state index >= 15 is 0 Å². The van der Waals surface area contributed by atoms with Crippen LogP contribution in [-0.4, -0.2) is 65.5 Å². The summed E-state index contributed by atoms with van der Waals surface area (Å²) in [4.78, 5) is 28.3. The lowest BCUT2D eigenvalue weighted by Gasteiger charge is -2.19. The molecule has 0 aromatic carbocycles. The van der Waals surface area contributed by atoms with Gasteiger partial charge in [-0.15, -0.1) is 11.3 Å². The fourth-order valence-electron chi connectivity index (χ4n) is 3.57. The monoisotopic (exact) mass is 458 g/mol. The summed E-state index contributed by atoms with van der Waals surface area (Å²) in [5, 5.41) is 9.07. The number of amides is 1. The molecule has 0 spiro atoms. The van der Waals surface area contributed by atoms with E-state index in [9.17, 15) is 18.0 Å². The smallest absolute Gasteiger partial charge is 0.478 e. The Morgan fingerprint density at radius 3 is 2.65 bits per heavy atom. The van der Waals surface area contributed by atoms with Crippen LogP contribution in [0.2, 0.25) is 0 Å². The summed E-state index contributed by atoms with van der Waals surface area (Å²) < 4.78 is 43.4. The minimum absolute atomic E-state index is 0.131. The molecule has 0 saturated carbocycles. The number of likely N-dealkylation sites (tertiary alicyclic amines) is 1. The largest absolute Gasteiger partial charge is 0.490 e. The molecule has 4 rings (SSSR count). The number of carbonyl (C=O) groups is 2. The van der Waals surface area contributed by atoms with Crippen molar-refractivity contribution in [1.29, 1.82) is 0 Å². The first kappa shape index (κ1) is 23.0. The van der Waals surface area contributed by atoms with E-state index in [0.29, 0.717) is 30.9 Å². The Labute approximate surface area is 180 Å². The van der Waals surface area contributed by atoms with Crippen LogP contribution in [0.25, 0.3) is 0 Å². The highest BCUT2D eigenvalue weighted by Crippen LogP contribution is 2.36. The van der Waals surface area contributed by atoms with Gasteiger partial charge in [0, 0.05) is 31.3 Å². The number of rotatable bonds is 5. The van der Waals surface area contributed by atoms with E-state index in [0.717, 1.165) is 24.4 Å². The van der Waals surface area contributed by atoms with Gasteiger partial charge in [-0.25, -0.2) is 9.78 Å². The zero-order chi connectivity index (χ0) is 22.4. The Bertz CT molecular complexity index is 863. The summed E-state index contributed by atoms with van der Waals surface area (Å²) >= 11 is 1.50. The van der Waals surface area contributed by atoms with Gasteiger partial charge in [0.2, 0.25) is 5.88 Å². The standard InChI is InChI=1S/C18H20N2O3S.C2HF3O2/c21-18(16-4-3-9-24-16)20-10-14-13(12-23-15(14)11-20)6-8-22-17-5-1-2-7-19-17;3-2(4,5)1(6)7/h1-5,7,9,13-15H,6,8,10-12H2;(H,6,7)/t13-,14-,15-;/m0./s1. The van der Waals surface area contributed by atoms with Gasteiger partial charge in [0.15, 0.2) is 0 Å². The molecule has 2 saturated heterocycles. The van der Waals surface area contributed by atoms with Crippen LogP contribution in [0.4, 0.5) is 13.2 Å². The number of carboxylic acids is 1. The van der Waals surface area contributed by atoms with Gasteiger partial charge in [0.05, 0.1) is 24.2 Å². The Morgan fingerprint density at radius 2 is 2.03 bits per heavy atom. The van der Waals surface area contributed by atoms with Crippen molar-refractivity contribution in [1.82, 2.24) is 9.88 Å². The number of carbonyl (C=O) groups excluding carboxylic acids is 1. The van der Waals surface area contributed by atoms with Crippen molar-refractivity contribution in [3.63, 3.8) is 0 Å². The van der Waals surface area contributed by atoms with E-state index in [1.807, 2.05) is 40.6 Å². The molecule has 7 nitrogen and oxygen atoms in total. The van der Waals surface area contributed by atoms with Gasteiger partial charge in [-0.3, -0.25) is 4.79 Å². The van der Waals surface area contributed by atoms with Crippen molar-refractivity contribution in [2.45, 2.75) is 18.7 Å². The molecule has 2 aliphatic heterocycles. The second-order valence-electron chi connectivity index (χ2n) is 7.09. The fraction of sp³-hybridized carbons (Fsp3) is 0.450. The number of carboxylic acid groups (broad SMARTS) is 1. The number of nitrogens with zero attached hydrogens (tertiary/aromatic N) is 2. The SMILES string of the molecule is O=C(O)C(F)(F)F.O=C(c1cccs1)N1C[C@H]2[C@@H](CCOc3ccccn3)CO[C@H]2C1. The summed E-state index contributed by atoms with van der Waals surface area (Å²) in [5.74, 6) is -1.10. The van der Waals surface area contributed by atoms with Crippen LogP contribution >= 0.6 is 11.3 Å². The van der Waals surface area contributed by atoms with E-state index in [1.165, 1.54) is 11.3 Å². The molecule has 31 heavy (non-hydrogen) atoms. The van der Waals surface area contributed by atoms with Crippen LogP contribution in [0.5, 0.6) is 5.88 Å². The summed E-state index contributed by atoms with van der Waals surface area (Å²) in [6.45, 7) is 2.89. The Balaban J connectivity index is 0.000000339. The van der Waals surface area contributed by atoms with Crippen LogP contribution in [0.1, 0.15) is 16.1 Å². The molecule has 11 heteroatoms. The number of thiophene rings is 1. The number of pyridine rings is 1. The molecule has 4 heterocycles. The number of ether oxygens (including phenoxy) is 2. The summed E-state index contributed by atoms with van der Waals surface area (Å²) in [6, 6.07) is 9.47. The molecule has 0 aliphatic carbocycles. The maximum atomic E-state index is 12.5. The van der Waals surface area contributed by atoms with Gasteiger partial charge in [0.1, 0.15) is 0 Å². The van der Waals surface area contributed by atoms with Crippen LogP contribution in [0, 0.1) is 11.8 Å². The molecule has 168 valence electrons. The number of hydrogen-bond donors (Lipinski definition) is 1. The number of fused-ring (bicyclic) bond motifs is 1. The summed E-state index contributed by atoms with van der Waals surface area (Å²) in [6.07, 6.45) is -2.25. The lowest BCUT2D eigenvalue weighted by Crippen LogP contribution is -2.30. The van der Waals surface area contributed by atoms with Crippen molar-refractivity contribution >= 4 is 23.2 Å². The molecule has 1 N–H and O–H groups in total. The summed E-state index contributed by atoms with van der Waals surface area (Å²) in [5.41, 5.74) is 0. The molecule has 0 unspecified atom stereocenters. The second kappa shape index (κ2) is 10.1. The number of halogens is 3. The molecule has 2 aliphatic rings. The third-order valence-corrected chi connectivity index (χ3v) is 5.93. The Kier molecular flexibility index (Phi) is 7.50. The highest BCUT2D eigenvalue weighted by atomic mass is 32.1. The minimum Gasteiger partial charge on any atom is -0.478 e. The van der Waals surface area contributed by atoms with Gasteiger partial charge >= 0.3 is 12.1 Å². The normalized spacial score (nSPS) is 22.4. The van der Waals surface area contributed by atoms with Crippen LogP contribution in [-0.2, 0) is 9.53 Å². The zero-order valence-electron chi connectivity index (χ0n) is 16.3. The van der Waals surface area contributed by atoms with Crippen molar-refractivity contribution in [3.05, 3.63) is 46.8 Å². The lowest BCUT2D eigenvalue weighted by atomic mass is 9.91. The number of alkyl halides is 3. The van der Waals surface area contributed by atoms with Crippen LogP contribution in [0.3, 0.4) is 0 Å².